The molecule has 0 spiro atoms. The van der Waals surface area contributed by atoms with E-state index < -0.39 is 141 Å². The Bertz CT molecular complexity index is 1230. The van der Waals surface area contributed by atoms with Gasteiger partial charge in [0, 0.05) is 26.5 Å². The SMILES string of the molecule is COC1C(CO)OC(OC2C(CO)OC(C(C)C(C)OC3C(CO)OC(C(C)C)C(NC(C)=O)C3O)C(NC(=O)[C@@H](N)CCCN=C(N)N)C2O)C(N)C1O. The number of nitrogens with zero attached hydrogens (tertiary/aromatic N) is 1. The number of aliphatic hydroxyl groups excluding tert-OH is 6. The molecule has 16 N–H and O–H groups in total. The number of hydrogen-bond donors (Lipinski definition) is 12. The predicted octanol–water partition coefficient (Wildman–Crippen LogP) is -5.53. The van der Waals surface area contributed by atoms with E-state index in [9.17, 15) is 40.2 Å². The van der Waals surface area contributed by atoms with Crippen LogP contribution in [-0.4, -0.2) is 186 Å². The van der Waals surface area contributed by atoms with Crippen molar-refractivity contribution in [3.8, 4) is 0 Å². The predicted molar refractivity (Wildman–Crippen MR) is 195 cm³/mol. The average molecular weight is 796 g/mol. The lowest BCUT2D eigenvalue weighted by atomic mass is 9.83. The lowest BCUT2D eigenvalue weighted by Crippen LogP contribution is -2.70. The van der Waals surface area contributed by atoms with E-state index in [0.29, 0.717) is 6.42 Å². The molecule has 18 atom stereocenters. The van der Waals surface area contributed by atoms with Gasteiger partial charge in [0.25, 0.3) is 0 Å². The third kappa shape index (κ3) is 11.6. The number of nitrogens with one attached hydrogen (secondary N) is 2. The number of amides is 2. The number of aliphatic imine (C=N–C) groups is 1. The minimum Gasteiger partial charge on any atom is -0.394 e. The highest BCUT2D eigenvalue weighted by Gasteiger charge is 2.54. The van der Waals surface area contributed by atoms with Crippen LogP contribution < -0.4 is 33.6 Å². The number of methoxy groups -OCH3 is 1. The summed E-state index contributed by atoms with van der Waals surface area (Å²) in [5, 5.41) is 70.5. The molecule has 55 heavy (non-hydrogen) atoms. The molecule has 21 heteroatoms. The second-order valence-electron chi connectivity index (χ2n) is 14.9. The van der Waals surface area contributed by atoms with Crippen molar-refractivity contribution in [2.45, 2.75) is 151 Å². The lowest BCUT2D eigenvalue weighted by molar-refractivity contribution is -0.317. The highest BCUT2D eigenvalue weighted by Crippen LogP contribution is 2.35. The number of guanidine groups is 1. The molecule has 21 nitrogen and oxygen atoms in total. The fourth-order valence-corrected chi connectivity index (χ4v) is 7.40. The van der Waals surface area contributed by atoms with Gasteiger partial charge >= 0.3 is 0 Å². The normalized spacial score (nSPS) is 38.5. The summed E-state index contributed by atoms with van der Waals surface area (Å²) < 4.78 is 36.0. The first-order valence-electron chi connectivity index (χ1n) is 18.7. The van der Waals surface area contributed by atoms with Crippen LogP contribution in [0.1, 0.15) is 47.5 Å². The van der Waals surface area contributed by atoms with E-state index in [2.05, 4.69) is 15.6 Å². The molecule has 3 aliphatic heterocycles. The van der Waals surface area contributed by atoms with Crippen molar-refractivity contribution in [1.82, 2.24) is 10.6 Å². The largest absolute Gasteiger partial charge is 0.394 e. The lowest BCUT2D eigenvalue weighted by Gasteiger charge is -2.50. The van der Waals surface area contributed by atoms with Crippen LogP contribution in [0.4, 0.5) is 0 Å². The fourth-order valence-electron chi connectivity index (χ4n) is 7.40. The van der Waals surface area contributed by atoms with Gasteiger partial charge in [-0.3, -0.25) is 14.6 Å². The maximum absolute atomic E-state index is 13.5. The summed E-state index contributed by atoms with van der Waals surface area (Å²) in [4.78, 5) is 29.5. The van der Waals surface area contributed by atoms with Crippen LogP contribution in [0, 0.1) is 11.8 Å². The third-order valence-electron chi connectivity index (χ3n) is 10.6. The Kier molecular flexibility index (Phi) is 18.3. The van der Waals surface area contributed by atoms with Crippen molar-refractivity contribution in [2.75, 3.05) is 33.5 Å². The van der Waals surface area contributed by atoms with Gasteiger partial charge in [0.05, 0.1) is 62.3 Å². The monoisotopic (exact) mass is 795 g/mol. The van der Waals surface area contributed by atoms with Crippen LogP contribution in [0.15, 0.2) is 4.99 Å². The summed E-state index contributed by atoms with van der Waals surface area (Å²) in [5.41, 5.74) is 23.2. The van der Waals surface area contributed by atoms with Crippen molar-refractivity contribution in [2.24, 2.45) is 39.8 Å². The Labute approximate surface area is 321 Å². The number of hydrogen-bond acceptors (Lipinski definition) is 17. The first-order valence-corrected chi connectivity index (χ1v) is 18.7. The molecule has 0 aromatic carbocycles. The van der Waals surface area contributed by atoms with Gasteiger partial charge in [0.15, 0.2) is 12.2 Å². The summed E-state index contributed by atoms with van der Waals surface area (Å²) in [6, 6.07) is -4.43. The Balaban J connectivity index is 1.92. The molecule has 3 fully saturated rings. The van der Waals surface area contributed by atoms with Gasteiger partial charge in [-0.05, 0) is 25.7 Å². The minimum atomic E-state index is -1.62. The summed E-state index contributed by atoms with van der Waals surface area (Å²) in [6.45, 7) is 6.85. The second kappa shape index (κ2) is 21.4. The molecule has 0 saturated carbocycles. The van der Waals surface area contributed by atoms with Crippen LogP contribution in [0.3, 0.4) is 0 Å². The fraction of sp³-hybridized carbons (Fsp3) is 0.912. The maximum atomic E-state index is 13.5. The molecular formula is C34H65N7O14. The van der Waals surface area contributed by atoms with Gasteiger partial charge in [0.1, 0.15) is 54.9 Å². The third-order valence-corrected chi connectivity index (χ3v) is 10.6. The molecule has 0 radical (unpaired) electrons. The van der Waals surface area contributed by atoms with Gasteiger partial charge in [-0.25, -0.2) is 0 Å². The van der Waals surface area contributed by atoms with E-state index in [-0.39, 0.29) is 24.8 Å². The Hall–Kier alpha value is -2.35. The van der Waals surface area contributed by atoms with Crippen LogP contribution in [-0.2, 0) is 38.0 Å². The number of ether oxygens (including phenoxy) is 6. The van der Waals surface area contributed by atoms with Crippen molar-refractivity contribution in [3.05, 3.63) is 0 Å². The average Bonchev–Trinajstić information content (AvgIpc) is 3.14. The highest BCUT2D eigenvalue weighted by atomic mass is 16.7. The first-order chi connectivity index (χ1) is 25.9. The molecule has 3 heterocycles. The molecule has 320 valence electrons. The van der Waals surface area contributed by atoms with Gasteiger partial charge < -0.3 is 92.6 Å². The minimum absolute atomic E-state index is 0.113. The number of rotatable bonds is 18. The van der Waals surface area contributed by atoms with E-state index in [1.807, 2.05) is 13.8 Å². The van der Waals surface area contributed by atoms with E-state index in [1.54, 1.807) is 13.8 Å². The Morgan fingerprint density at radius 2 is 1.36 bits per heavy atom. The molecule has 17 unspecified atom stereocenters. The molecule has 3 aliphatic rings. The zero-order valence-electron chi connectivity index (χ0n) is 32.4. The van der Waals surface area contributed by atoms with Crippen molar-refractivity contribution < 1.29 is 68.6 Å². The number of nitrogens with two attached hydrogens (primary N) is 4. The molecule has 2 amide bonds. The van der Waals surface area contributed by atoms with Crippen LogP contribution in [0.5, 0.6) is 0 Å². The molecule has 0 aromatic heterocycles. The summed E-state index contributed by atoms with van der Waals surface area (Å²) >= 11 is 0. The number of carbonyl (C=O) groups is 2. The quantitative estimate of drug-likeness (QED) is 0.0350. The molecular weight excluding hydrogens is 730 g/mol. The van der Waals surface area contributed by atoms with Crippen LogP contribution >= 0.6 is 0 Å². The van der Waals surface area contributed by atoms with Gasteiger partial charge in [-0.2, -0.15) is 0 Å². The smallest absolute Gasteiger partial charge is 0.237 e. The van der Waals surface area contributed by atoms with Gasteiger partial charge in [0.2, 0.25) is 11.8 Å². The summed E-state index contributed by atoms with van der Waals surface area (Å²) in [6.07, 6.45) is -14.5. The molecule has 0 aliphatic carbocycles. The zero-order chi connectivity index (χ0) is 41.3. The van der Waals surface area contributed by atoms with E-state index in [1.165, 1.54) is 14.0 Å². The topological polar surface area (TPSA) is 351 Å². The highest BCUT2D eigenvalue weighted by molar-refractivity contribution is 5.82. The van der Waals surface area contributed by atoms with Gasteiger partial charge in [-0.15, -0.1) is 0 Å². The summed E-state index contributed by atoms with van der Waals surface area (Å²) in [7, 11) is 1.31. The molecule has 3 saturated heterocycles. The van der Waals surface area contributed by atoms with Crippen molar-refractivity contribution in [1.29, 1.82) is 0 Å². The second-order valence-corrected chi connectivity index (χ2v) is 14.9. The first kappa shape index (κ1) is 47.0. The van der Waals surface area contributed by atoms with E-state index >= 15 is 0 Å². The zero-order valence-corrected chi connectivity index (χ0v) is 32.4. The summed E-state index contributed by atoms with van der Waals surface area (Å²) in [5.74, 6) is -2.04. The van der Waals surface area contributed by atoms with Crippen molar-refractivity contribution >= 4 is 17.8 Å². The van der Waals surface area contributed by atoms with Gasteiger partial charge in [-0.1, -0.05) is 20.8 Å². The standard InChI is InChI=1S/C34H65N7O14/c1-13(2)27-22(40-16(5)45)25(47)30(19(11-43)52-27)51-15(4)14(3)28-23(41-32(49)17(35)8-7-9-39-34(37)38)26(48)31(20(12-44)53-28)55-33-21(36)24(46)29(50-6)18(10-42)54-33/h13-15,17-31,33,42-44,46-48H,7-12,35-36H2,1-6H3,(H,40,45)(H,41,49)(H4,37,38,39)/t14?,15?,17-,18?,19?,20?,21?,22?,23?,24?,25?,26?,27?,28?,29?,30?,31?,33?/m0/s1. The maximum Gasteiger partial charge on any atom is 0.237 e. The number of aliphatic hydroxyl groups is 6. The van der Waals surface area contributed by atoms with E-state index in [4.69, 9.17) is 51.4 Å². The molecule has 3 rings (SSSR count). The van der Waals surface area contributed by atoms with E-state index in [0.717, 1.165) is 0 Å². The van der Waals surface area contributed by atoms with Crippen LogP contribution in [0.25, 0.3) is 0 Å². The van der Waals surface area contributed by atoms with Crippen molar-refractivity contribution in [3.63, 3.8) is 0 Å². The van der Waals surface area contributed by atoms with Crippen LogP contribution in [0.2, 0.25) is 0 Å². The molecule has 0 bridgehead atoms. The Morgan fingerprint density at radius 3 is 1.91 bits per heavy atom. The molecule has 0 aromatic rings. The Morgan fingerprint density at radius 1 is 0.818 bits per heavy atom. The number of carbonyl (C=O) groups excluding carboxylic acids is 2.